The summed E-state index contributed by atoms with van der Waals surface area (Å²) in [6.45, 7) is 2.61. The third-order valence-corrected chi connectivity index (χ3v) is 3.29. The molecule has 0 unspecified atom stereocenters. The summed E-state index contributed by atoms with van der Waals surface area (Å²) in [5, 5.41) is 0. The van der Waals surface area contributed by atoms with Crippen LogP contribution >= 0.6 is 8.17 Å². The zero-order valence-corrected chi connectivity index (χ0v) is 8.55. The van der Waals surface area contributed by atoms with Gasteiger partial charge in [-0.25, -0.2) is 0 Å². The van der Waals surface area contributed by atoms with E-state index in [9.17, 15) is 0 Å². The monoisotopic (exact) mass is 184 g/mol. The van der Waals surface area contributed by atoms with Crippen LogP contribution in [0, 0.1) is 0 Å². The van der Waals surface area contributed by atoms with Gasteiger partial charge in [-0.2, -0.15) is 0 Å². The van der Waals surface area contributed by atoms with Crippen LogP contribution in [0.25, 0.3) is 0 Å². The average molecular weight is 184 g/mol. The fourth-order valence-corrected chi connectivity index (χ4v) is 1.96. The molecule has 0 atom stereocenters. The van der Waals surface area contributed by atoms with Crippen LogP contribution in [0.3, 0.4) is 0 Å². The van der Waals surface area contributed by atoms with Gasteiger partial charge in [-0.15, -0.1) is 0 Å². The second kappa shape index (κ2) is 5.86. The molecule has 0 saturated carbocycles. The Morgan fingerprint density at radius 1 is 1.00 bits per heavy atom. The molecule has 5 heteroatoms. The molecule has 0 aromatic rings. The Morgan fingerprint density at radius 2 is 1.45 bits per heavy atom. The summed E-state index contributed by atoms with van der Waals surface area (Å²) in [6.07, 6.45) is 0.921. The minimum absolute atomic E-state index is 0.599. The summed E-state index contributed by atoms with van der Waals surface area (Å²) in [5.74, 6) is 0. The van der Waals surface area contributed by atoms with Gasteiger partial charge in [0.1, 0.15) is 0 Å². The van der Waals surface area contributed by atoms with Crippen molar-refractivity contribution in [1.82, 2.24) is 0 Å². The standard InChI is InChI=1S/C6H17O4P/c1-5-6-10-11(7-2,8-3)9-4/h11H,5-6H2,1-4H3. The topological polar surface area (TPSA) is 36.9 Å². The quantitative estimate of drug-likeness (QED) is 0.589. The molecule has 0 heterocycles. The van der Waals surface area contributed by atoms with Gasteiger partial charge < -0.3 is 0 Å². The predicted molar refractivity (Wildman–Crippen MR) is 45.6 cm³/mol. The van der Waals surface area contributed by atoms with E-state index in [2.05, 4.69) is 0 Å². The molecule has 70 valence electrons. The summed E-state index contributed by atoms with van der Waals surface area (Å²) >= 11 is 0. The van der Waals surface area contributed by atoms with Gasteiger partial charge >= 0.3 is 67.5 Å². The number of rotatable bonds is 6. The van der Waals surface area contributed by atoms with E-state index in [1.54, 1.807) is 0 Å². The number of hydrogen-bond donors (Lipinski definition) is 0. The van der Waals surface area contributed by atoms with Crippen molar-refractivity contribution < 1.29 is 18.1 Å². The maximum absolute atomic E-state index is 5.30. The van der Waals surface area contributed by atoms with Gasteiger partial charge in [0.25, 0.3) is 0 Å². The van der Waals surface area contributed by atoms with Crippen molar-refractivity contribution in [2.75, 3.05) is 27.9 Å². The Hall–Kier alpha value is 0.270. The second-order valence-electron chi connectivity index (χ2n) is 1.96. The molecule has 0 aliphatic carbocycles. The van der Waals surface area contributed by atoms with E-state index in [0.29, 0.717) is 6.61 Å². The molecule has 0 amide bonds. The fourth-order valence-electron chi connectivity index (χ4n) is 0.654. The fraction of sp³-hybridized carbons (Fsp3) is 1.00. The van der Waals surface area contributed by atoms with E-state index < -0.39 is 8.17 Å². The Balaban J connectivity index is 3.84. The van der Waals surface area contributed by atoms with Crippen molar-refractivity contribution in [3.63, 3.8) is 0 Å². The Morgan fingerprint density at radius 3 is 1.73 bits per heavy atom. The van der Waals surface area contributed by atoms with E-state index in [4.69, 9.17) is 18.1 Å². The van der Waals surface area contributed by atoms with E-state index in [-0.39, 0.29) is 0 Å². The molecule has 0 aliphatic rings. The molecule has 0 radical (unpaired) electrons. The number of hydrogen-bond acceptors (Lipinski definition) is 4. The van der Waals surface area contributed by atoms with Gasteiger partial charge in [-0.05, 0) is 0 Å². The normalized spacial score (nSPS) is 13.5. The van der Waals surface area contributed by atoms with Crippen molar-refractivity contribution in [3.05, 3.63) is 0 Å². The molecular weight excluding hydrogens is 167 g/mol. The summed E-state index contributed by atoms with van der Waals surface area (Å²) in [7, 11) is 1.83. The first-order valence-electron chi connectivity index (χ1n) is 3.54. The zero-order valence-electron chi connectivity index (χ0n) is 7.55. The van der Waals surface area contributed by atoms with Gasteiger partial charge in [0.2, 0.25) is 0 Å². The molecule has 0 aliphatic heterocycles. The SMILES string of the molecule is CCCO[PH](OC)(OC)OC. The van der Waals surface area contributed by atoms with Crippen LogP contribution < -0.4 is 0 Å². The minimum atomic E-state index is -2.74. The Bertz CT molecular complexity index is 86.3. The van der Waals surface area contributed by atoms with Gasteiger partial charge in [0, 0.05) is 0 Å². The van der Waals surface area contributed by atoms with E-state index in [1.807, 2.05) is 6.92 Å². The average Bonchev–Trinajstić information content (AvgIpc) is 2.08. The summed E-state index contributed by atoms with van der Waals surface area (Å²) in [4.78, 5) is 0. The van der Waals surface area contributed by atoms with Crippen molar-refractivity contribution in [2.45, 2.75) is 13.3 Å². The molecule has 11 heavy (non-hydrogen) atoms. The van der Waals surface area contributed by atoms with E-state index >= 15 is 0 Å². The van der Waals surface area contributed by atoms with Crippen molar-refractivity contribution in [3.8, 4) is 0 Å². The van der Waals surface area contributed by atoms with Crippen molar-refractivity contribution in [2.24, 2.45) is 0 Å². The molecule has 0 bridgehead atoms. The molecule has 0 rings (SSSR count). The second-order valence-corrected chi connectivity index (χ2v) is 4.47. The van der Waals surface area contributed by atoms with Crippen LogP contribution in [0.4, 0.5) is 0 Å². The van der Waals surface area contributed by atoms with Gasteiger partial charge in [-0.1, -0.05) is 0 Å². The molecule has 4 nitrogen and oxygen atoms in total. The van der Waals surface area contributed by atoms with E-state index in [0.717, 1.165) is 6.42 Å². The van der Waals surface area contributed by atoms with Crippen LogP contribution in [0.5, 0.6) is 0 Å². The summed E-state index contributed by atoms with van der Waals surface area (Å²) in [5.41, 5.74) is 0. The Kier molecular flexibility index (Phi) is 6.01. The Labute approximate surface area is 68.4 Å². The third kappa shape index (κ3) is 3.45. The van der Waals surface area contributed by atoms with Gasteiger partial charge in [-0.3, -0.25) is 0 Å². The first-order valence-corrected chi connectivity index (χ1v) is 5.17. The molecule has 0 aromatic heterocycles. The molecule has 0 N–H and O–H groups in total. The molecule has 0 aromatic carbocycles. The van der Waals surface area contributed by atoms with Crippen LogP contribution in [0.2, 0.25) is 0 Å². The summed E-state index contributed by atoms with van der Waals surface area (Å²) in [6, 6.07) is 0. The maximum atomic E-state index is 5.30. The zero-order chi connectivity index (χ0) is 8.74. The van der Waals surface area contributed by atoms with Crippen molar-refractivity contribution in [1.29, 1.82) is 0 Å². The predicted octanol–water partition coefficient (Wildman–Crippen LogP) is 1.76. The van der Waals surface area contributed by atoms with Crippen LogP contribution in [-0.2, 0) is 18.1 Å². The van der Waals surface area contributed by atoms with Gasteiger partial charge in [0.05, 0.1) is 0 Å². The van der Waals surface area contributed by atoms with Gasteiger partial charge in [0.15, 0.2) is 0 Å². The van der Waals surface area contributed by atoms with Crippen molar-refractivity contribution >= 4 is 8.17 Å². The third-order valence-electron chi connectivity index (χ3n) is 1.23. The summed E-state index contributed by atoms with van der Waals surface area (Å²) < 4.78 is 20.3. The molecule has 0 saturated heterocycles. The van der Waals surface area contributed by atoms with Crippen LogP contribution in [-0.4, -0.2) is 27.9 Å². The molecule has 0 fully saturated rings. The first kappa shape index (κ1) is 11.3. The van der Waals surface area contributed by atoms with E-state index in [1.165, 1.54) is 21.3 Å². The van der Waals surface area contributed by atoms with Crippen LogP contribution in [0.1, 0.15) is 13.3 Å². The molecule has 0 spiro atoms. The molecular formula is C6H17O4P. The van der Waals surface area contributed by atoms with Crippen LogP contribution in [0.15, 0.2) is 0 Å². The first-order chi connectivity index (χ1) is 5.24.